The van der Waals surface area contributed by atoms with Crippen molar-refractivity contribution in [2.45, 2.75) is 19.5 Å². The van der Waals surface area contributed by atoms with Gasteiger partial charge in [-0.25, -0.2) is 15.0 Å². The second-order valence-electron chi connectivity index (χ2n) is 6.48. The molecule has 0 saturated carbocycles. The average Bonchev–Trinajstić information content (AvgIpc) is 2.89. The molecular formula is C19H16F3N5OS. The maximum absolute atomic E-state index is 13.1. The zero-order chi connectivity index (χ0) is 20.8. The van der Waals surface area contributed by atoms with Gasteiger partial charge < -0.3 is 4.90 Å². The minimum atomic E-state index is -4.44. The number of hydrogen-bond acceptors (Lipinski definition) is 6. The van der Waals surface area contributed by atoms with Crippen LogP contribution >= 0.6 is 11.3 Å². The Morgan fingerprint density at radius 3 is 2.76 bits per heavy atom. The Morgan fingerprint density at radius 1 is 1.24 bits per heavy atom. The van der Waals surface area contributed by atoms with Gasteiger partial charge in [0.2, 0.25) is 0 Å². The molecule has 0 atom stereocenters. The molecule has 150 valence electrons. The molecule has 0 aliphatic heterocycles. The number of allylic oxidation sites excluding steroid dienone is 6. The van der Waals surface area contributed by atoms with E-state index in [1.165, 1.54) is 40.7 Å². The van der Waals surface area contributed by atoms with Crippen LogP contribution in [0.1, 0.15) is 13.3 Å². The van der Waals surface area contributed by atoms with Crippen molar-refractivity contribution in [2.75, 3.05) is 18.5 Å². The highest BCUT2D eigenvalue weighted by Gasteiger charge is 2.31. The largest absolute Gasteiger partial charge is 0.416 e. The van der Waals surface area contributed by atoms with Gasteiger partial charge in [0.25, 0.3) is 5.56 Å². The lowest BCUT2D eigenvalue weighted by molar-refractivity contribution is -0.0881. The molecule has 29 heavy (non-hydrogen) atoms. The standard InChI is InChI=1S/C19H16F3N5OS/c1-3-26(2)16-13-14-15(29-17(13)24-9-23-16)18(28)27(10-25-14)12-6-4-5-11(7-8-12)19(20,21)22/h4-5,7-10H,3,6H2,1-2H3. The first kappa shape index (κ1) is 19.3. The highest BCUT2D eigenvalue weighted by Crippen LogP contribution is 2.34. The molecule has 3 aromatic heterocycles. The van der Waals surface area contributed by atoms with E-state index in [9.17, 15) is 18.0 Å². The van der Waals surface area contributed by atoms with Gasteiger partial charge in [-0.3, -0.25) is 9.36 Å². The van der Waals surface area contributed by atoms with Gasteiger partial charge in [0.15, 0.2) is 0 Å². The first-order valence-corrected chi connectivity index (χ1v) is 9.64. The molecule has 0 aromatic carbocycles. The first-order chi connectivity index (χ1) is 13.8. The van der Waals surface area contributed by atoms with Crippen molar-refractivity contribution in [3.05, 3.63) is 52.9 Å². The number of fused-ring (bicyclic) bond motifs is 3. The van der Waals surface area contributed by atoms with Crippen molar-refractivity contribution in [3.63, 3.8) is 0 Å². The summed E-state index contributed by atoms with van der Waals surface area (Å²) in [6.45, 7) is 2.70. The van der Waals surface area contributed by atoms with Crippen LogP contribution in [-0.2, 0) is 0 Å². The highest BCUT2D eigenvalue weighted by atomic mass is 32.1. The van der Waals surface area contributed by atoms with Crippen molar-refractivity contribution in [3.8, 4) is 0 Å². The molecular weight excluding hydrogens is 403 g/mol. The van der Waals surface area contributed by atoms with Gasteiger partial charge in [-0.05, 0) is 19.1 Å². The third kappa shape index (κ3) is 3.33. The second kappa shape index (κ2) is 7.11. The van der Waals surface area contributed by atoms with E-state index in [4.69, 9.17) is 0 Å². The molecule has 0 N–H and O–H groups in total. The summed E-state index contributed by atoms with van der Waals surface area (Å²) in [5.74, 6) is 0.683. The van der Waals surface area contributed by atoms with Gasteiger partial charge >= 0.3 is 6.18 Å². The van der Waals surface area contributed by atoms with Crippen LogP contribution in [0.3, 0.4) is 0 Å². The Morgan fingerprint density at radius 2 is 2.03 bits per heavy atom. The zero-order valence-corrected chi connectivity index (χ0v) is 16.4. The Kier molecular flexibility index (Phi) is 4.73. The number of hydrogen-bond donors (Lipinski definition) is 0. The van der Waals surface area contributed by atoms with Gasteiger partial charge in [0, 0.05) is 25.7 Å². The van der Waals surface area contributed by atoms with Gasteiger partial charge in [-0.15, -0.1) is 11.3 Å². The van der Waals surface area contributed by atoms with Crippen LogP contribution in [0.4, 0.5) is 19.0 Å². The molecule has 0 bridgehead atoms. The first-order valence-electron chi connectivity index (χ1n) is 8.82. The van der Waals surface area contributed by atoms with Crippen LogP contribution in [0.5, 0.6) is 0 Å². The minimum Gasteiger partial charge on any atom is -0.359 e. The van der Waals surface area contributed by atoms with E-state index in [0.717, 1.165) is 12.2 Å². The lowest BCUT2D eigenvalue weighted by Gasteiger charge is -2.15. The fourth-order valence-corrected chi connectivity index (χ4v) is 4.10. The van der Waals surface area contributed by atoms with E-state index in [0.29, 0.717) is 38.5 Å². The molecule has 10 heteroatoms. The number of aromatic nitrogens is 4. The van der Waals surface area contributed by atoms with Crippen LogP contribution in [0, 0.1) is 0 Å². The van der Waals surface area contributed by atoms with Crippen molar-refractivity contribution >= 4 is 43.3 Å². The van der Waals surface area contributed by atoms with E-state index >= 15 is 0 Å². The summed E-state index contributed by atoms with van der Waals surface area (Å²) < 4.78 is 40.5. The van der Waals surface area contributed by atoms with E-state index in [1.54, 1.807) is 0 Å². The second-order valence-corrected chi connectivity index (χ2v) is 7.47. The fourth-order valence-electron chi connectivity index (χ4n) is 3.08. The number of thiophene rings is 1. The van der Waals surface area contributed by atoms with Gasteiger partial charge in [0.1, 0.15) is 33.5 Å². The van der Waals surface area contributed by atoms with Crippen LogP contribution in [0.15, 0.2) is 47.3 Å². The summed E-state index contributed by atoms with van der Waals surface area (Å²) in [6.07, 6.45) is 3.22. The van der Waals surface area contributed by atoms with Gasteiger partial charge in [-0.2, -0.15) is 13.2 Å². The van der Waals surface area contributed by atoms with Crippen molar-refractivity contribution in [1.29, 1.82) is 0 Å². The minimum absolute atomic E-state index is 0.178. The number of anilines is 1. The lowest BCUT2D eigenvalue weighted by Crippen LogP contribution is -2.19. The number of halogens is 3. The summed E-state index contributed by atoms with van der Waals surface area (Å²) in [6, 6.07) is 0. The van der Waals surface area contributed by atoms with Crippen molar-refractivity contribution < 1.29 is 13.2 Å². The molecule has 0 radical (unpaired) electrons. The van der Waals surface area contributed by atoms with Crippen LogP contribution in [-0.4, -0.2) is 39.3 Å². The Balaban J connectivity index is 1.89. The molecule has 3 heterocycles. The summed E-state index contributed by atoms with van der Waals surface area (Å²) in [5, 5.41) is 0.704. The summed E-state index contributed by atoms with van der Waals surface area (Å²) >= 11 is 1.20. The van der Waals surface area contributed by atoms with Crippen molar-refractivity contribution in [1.82, 2.24) is 19.5 Å². The number of rotatable bonds is 3. The maximum atomic E-state index is 13.1. The van der Waals surface area contributed by atoms with E-state index in [-0.39, 0.29) is 12.0 Å². The van der Waals surface area contributed by atoms with Crippen LogP contribution < -0.4 is 10.5 Å². The highest BCUT2D eigenvalue weighted by molar-refractivity contribution is 7.25. The van der Waals surface area contributed by atoms with Crippen LogP contribution in [0.2, 0.25) is 0 Å². The normalized spacial score (nSPS) is 14.8. The predicted molar refractivity (Wildman–Crippen MR) is 108 cm³/mol. The molecule has 0 unspecified atom stereocenters. The Labute approximate surface area is 167 Å². The molecule has 6 nitrogen and oxygen atoms in total. The molecule has 1 aliphatic rings. The summed E-state index contributed by atoms with van der Waals surface area (Å²) in [5.41, 5.74) is -0.196. The lowest BCUT2D eigenvalue weighted by atomic mass is 10.2. The molecule has 0 saturated heterocycles. The topological polar surface area (TPSA) is 63.9 Å². The van der Waals surface area contributed by atoms with E-state index in [1.807, 2.05) is 18.9 Å². The Hall–Kier alpha value is -3.01. The van der Waals surface area contributed by atoms with Crippen LogP contribution in [0.25, 0.3) is 26.1 Å². The zero-order valence-electron chi connectivity index (χ0n) is 15.6. The van der Waals surface area contributed by atoms with Gasteiger partial charge in [0.05, 0.1) is 11.0 Å². The maximum Gasteiger partial charge on any atom is 0.416 e. The third-order valence-corrected chi connectivity index (χ3v) is 5.79. The fraction of sp³-hybridized carbons (Fsp3) is 0.263. The van der Waals surface area contributed by atoms with Crippen molar-refractivity contribution in [2.24, 2.45) is 0 Å². The predicted octanol–water partition coefficient (Wildman–Crippen LogP) is 4.15. The summed E-state index contributed by atoms with van der Waals surface area (Å²) in [7, 11) is 1.89. The third-order valence-electron chi connectivity index (χ3n) is 4.71. The molecule has 0 spiro atoms. The molecule has 4 rings (SSSR count). The quantitative estimate of drug-likeness (QED) is 0.638. The molecule has 1 aliphatic carbocycles. The number of nitrogens with zero attached hydrogens (tertiary/aromatic N) is 5. The monoisotopic (exact) mass is 419 g/mol. The average molecular weight is 419 g/mol. The molecule has 3 aromatic rings. The Bertz CT molecular complexity index is 1250. The van der Waals surface area contributed by atoms with Gasteiger partial charge in [-0.1, -0.05) is 12.2 Å². The summed E-state index contributed by atoms with van der Waals surface area (Å²) in [4.78, 5) is 28.7. The number of alkyl halides is 3. The molecule has 0 fully saturated rings. The smallest absolute Gasteiger partial charge is 0.359 e. The molecule has 0 amide bonds. The van der Waals surface area contributed by atoms with E-state index < -0.39 is 11.7 Å². The SMILES string of the molecule is CCN(C)c1ncnc2sc3c(=O)n(C4=CC=C(C(F)(F)F)C=CC4)cnc3c12. The van der Waals surface area contributed by atoms with E-state index in [2.05, 4.69) is 15.0 Å².